The SMILES string of the molecule is C#CC(C)(O)c1nc(C)c(C)s1. The van der Waals surface area contributed by atoms with Crippen LogP contribution in [0, 0.1) is 26.2 Å². The van der Waals surface area contributed by atoms with Crippen molar-refractivity contribution < 1.29 is 5.11 Å². The fourth-order valence-electron chi connectivity index (χ4n) is 0.743. The Bertz CT molecular complexity index is 313. The third-order valence-corrected chi connectivity index (χ3v) is 3.01. The van der Waals surface area contributed by atoms with Crippen molar-refractivity contribution in [2.24, 2.45) is 0 Å². The molecule has 2 nitrogen and oxygen atoms in total. The van der Waals surface area contributed by atoms with Crippen LogP contribution in [-0.2, 0) is 5.60 Å². The third-order valence-electron chi connectivity index (χ3n) is 1.73. The zero-order valence-corrected chi connectivity index (χ0v) is 8.20. The summed E-state index contributed by atoms with van der Waals surface area (Å²) < 4.78 is 0. The highest BCUT2D eigenvalue weighted by molar-refractivity contribution is 7.11. The number of terminal acetylenes is 1. The molecular formula is C9H11NOS. The molecule has 0 saturated heterocycles. The minimum Gasteiger partial charge on any atom is -0.371 e. The van der Waals surface area contributed by atoms with Gasteiger partial charge in [-0.2, -0.15) is 0 Å². The Kier molecular flexibility index (Phi) is 2.22. The third kappa shape index (κ3) is 1.50. The Labute approximate surface area is 76.3 Å². The molecule has 1 aromatic rings. The van der Waals surface area contributed by atoms with E-state index in [4.69, 9.17) is 6.42 Å². The lowest BCUT2D eigenvalue weighted by atomic mass is 10.1. The van der Waals surface area contributed by atoms with E-state index in [0.29, 0.717) is 5.01 Å². The fraction of sp³-hybridized carbons (Fsp3) is 0.444. The standard InChI is InChI=1S/C9H11NOS/c1-5-9(4,11)8-10-6(2)7(3)12-8/h1,11H,2-4H3. The molecule has 0 saturated carbocycles. The van der Waals surface area contributed by atoms with Crippen LogP contribution in [0.5, 0.6) is 0 Å². The van der Waals surface area contributed by atoms with Crippen molar-refractivity contribution in [3.05, 3.63) is 15.6 Å². The maximum Gasteiger partial charge on any atom is 0.174 e. The van der Waals surface area contributed by atoms with Crippen molar-refractivity contribution in [1.82, 2.24) is 4.98 Å². The molecular weight excluding hydrogens is 170 g/mol. The first-order valence-electron chi connectivity index (χ1n) is 3.62. The van der Waals surface area contributed by atoms with Gasteiger partial charge >= 0.3 is 0 Å². The number of aliphatic hydroxyl groups is 1. The molecule has 64 valence electrons. The second kappa shape index (κ2) is 2.89. The molecule has 0 bridgehead atoms. The molecule has 0 aromatic carbocycles. The molecule has 1 N–H and O–H groups in total. The van der Waals surface area contributed by atoms with E-state index in [0.717, 1.165) is 10.6 Å². The molecule has 12 heavy (non-hydrogen) atoms. The van der Waals surface area contributed by atoms with Gasteiger partial charge in [0.1, 0.15) is 5.01 Å². The van der Waals surface area contributed by atoms with Gasteiger partial charge in [0.2, 0.25) is 0 Å². The average molecular weight is 181 g/mol. The van der Waals surface area contributed by atoms with Crippen LogP contribution in [-0.4, -0.2) is 10.1 Å². The van der Waals surface area contributed by atoms with Crippen molar-refractivity contribution in [2.75, 3.05) is 0 Å². The van der Waals surface area contributed by atoms with Crippen LogP contribution in [0.1, 0.15) is 22.5 Å². The summed E-state index contributed by atoms with van der Waals surface area (Å²) in [7, 11) is 0. The molecule has 0 aliphatic heterocycles. The fourth-order valence-corrected chi connectivity index (χ4v) is 1.67. The van der Waals surface area contributed by atoms with E-state index in [-0.39, 0.29) is 0 Å². The summed E-state index contributed by atoms with van der Waals surface area (Å²) in [6.07, 6.45) is 5.16. The van der Waals surface area contributed by atoms with E-state index in [2.05, 4.69) is 10.9 Å². The summed E-state index contributed by atoms with van der Waals surface area (Å²) >= 11 is 1.44. The maximum atomic E-state index is 9.64. The van der Waals surface area contributed by atoms with Crippen molar-refractivity contribution in [1.29, 1.82) is 0 Å². The lowest BCUT2D eigenvalue weighted by Crippen LogP contribution is -2.17. The highest BCUT2D eigenvalue weighted by Crippen LogP contribution is 2.26. The first-order valence-corrected chi connectivity index (χ1v) is 4.43. The van der Waals surface area contributed by atoms with Crippen LogP contribution in [0.3, 0.4) is 0 Å². The van der Waals surface area contributed by atoms with Gasteiger partial charge in [0.25, 0.3) is 0 Å². The monoisotopic (exact) mass is 181 g/mol. The van der Waals surface area contributed by atoms with Gasteiger partial charge in [-0.05, 0) is 20.8 Å². The molecule has 0 aliphatic rings. The van der Waals surface area contributed by atoms with Crippen molar-refractivity contribution >= 4 is 11.3 Å². The van der Waals surface area contributed by atoms with Gasteiger partial charge in [-0.25, -0.2) is 4.98 Å². The van der Waals surface area contributed by atoms with Crippen LogP contribution in [0.2, 0.25) is 0 Å². The second-order valence-electron chi connectivity index (χ2n) is 2.88. The van der Waals surface area contributed by atoms with Gasteiger partial charge < -0.3 is 5.11 Å². The summed E-state index contributed by atoms with van der Waals surface area (Å²) in [6.45, 7) is 5.44. The van der Waals surface area contributed by atoms with Crippen LogP contribution in [0.4, 0.5) is 0 Å². The average Bonchev–Trinajstić information content (AvgIpc) is 2.33. The molecule has 1 heterocycles. The molecule has 0 radical (unpaired) electrons. The first-order chi connectivity index (χ1) is 5.47. The molecule has 1 atom stereocenters. The molecule has 1 rings (SSSR count). The molecule has 1 unspecified atom stereocenters. The summed E-state index contributed by atoms with van der Waals surface area (Å²) in [5.41, 5.74) is -0.283. The summed E-state index contributed by atoms with van der Waals surface area (Å²) in [6, 6.07) is 0. The zero-order valence-electron chi connectivity index (χ0n) is 7.38. The van der Waals surface area contributed by atoms with E-state index in [1.165, 1.54) is 11.3 Å². The van der Waals surface area contributed by atoms with E-state index < -0.39 is 5.60 Å². The van der Waals surface area contributed by atoms with Gasteiger partial charge in [0, 0.05) is 4.88 Å². The predicted octanol–water partition coefficient (Wildman–Crippen LogP) is 1.60. The molecule has 0 fully saturated rings. The number of thiazole rings is 1. The smallest absolute Gasteiger partial charge is 0.174 e. The second-order valence-corrected chi connectivity index (χ2v) is 4.08. The molecule has 0 aliphatic carbocycles. The van der Waals surface area contributed by atoms with Crippen LogP contribution < -0.4 is 0 Å². The van der Waals surface area contributed by atoms with Gasteiger partial charge in [0.05, 0.1) is 5.69 Å². The Hall–Kier alpha value is -0.850. The Morgan fingerprint density at radius 3 is 2.50 bits per heavy atom. The van der Waals surface area contributed by atoms with E-state index >= 15 is 0 Å². The maximum absolute atomic E-state index is 9.64. The van der Waals surface area contributed by atoms with Gasteiger partial charge in [-0.1, -0.05) is 5.92 Å². The minimum absolute atomic E-state index is 0.597. The largest absolute Gasteiger partial charge is 0.371 e. The molecule has 0 spiro atoms. The number of hydrogen-bond donors (Lipinski definition) is 1. The predicted molar refractivity (Wildman–Crippen MR) is 50.0 cm³/mol. The lowest BCUT2D eigenvalue weighted by Gasteiger charge is -2.11. The number of hydrogen-bond acceptors (Lipinski definition) is 3. The zero-order chi connectivity index (χ0) is 9.35. The van der Waals surface area contributed by atoms with Crippen molar-refractivity contribution in [3.8, 4) is 12.3 Å². The minimum atomic E-state index is -1.22. The number of nitrogens with zero attached hydrogens (tertiary/aromatic N) is 1. The lowest BCUT2D eigenvalue weighted by molar-refractivity contribution is 0.122. The van der Waals surface area contributed by atoms with Crippen molar-refractivity contribution in [3.63, 3.8) is 0 Å². The van der Waals surface area contributed by atoms with Gasteiger partial charge in [0.15, 0.2) is 5.60 Å². The summed E-state index contributed by atoms with van der Waals surface area (Å²) in [4.78, 5) is 5.28. The molecule has 1 aromatic heterocycles. The Morgan fingerprint density at radius 2 is 2.17 bits per heavy atom. The van der Waals surface area contributed by atoms with Crippen molar-refractivity contribution in [2.45, 2.75) is 26.4 Å². The van der Waals surface area contributed by atoms with Gasteiger partial charge in [-0.3, -0.25) is 0 Å². The van der Waals surface area contributed by atoms with E-state index in [1.807, 2.05) is 13.8 Å². The van der Waals surface area contributed by atoms with E-state index in [1.54, 1.807) is 6.92 Å². The topological polar surface area (TPSA) is 33.1 Å². The Balaban J connectivity index is 3.14. The van der Waals surface area contributed by atoms with Crippen LogP contribution >= 0.6 is 11.3 Å². The Morgan fingerprint density at radius 1 is 1.58 bits per heavy atom. The molecule has 0 amide bonds. The number of aromatic nitrogens is 1. The highest BCUT2D eigenvalue weighted by atomic mass is 32.1. The quantitative estimate of drug-likeness (QED) is 0.667. The number of rotatable bonds is 1. The first kappa shape index (κ1) is 9.24. The van der Waals surface area contributed by atoms with E-state index in [9.17, 15) is 5.11 Å². The number of aryl methyl sites for hydroxylation is 2. The van der Waals surface area contributed by atoms with Crippen LogP contribution in [0.15, 0.2) is 0 Å². The highest BCUT2D eigenvalue weighted by Gasteiger charge is 2.24. The summed E-state index contributed by atoms with van der Waals surface area (Å²) in [5.74, 6) is 2.30. The normalized spacial score (nSPS) is 15.2. The summed E-state index contributed by atoms with van der Waals surface area (Å²) in [5, 5.41) is 10.2. The van der Waals surface area contributed by atoms with Crippen LogP contribution in [0.25, 0.3) is 0 Å². The van der Waals surface area contributed by atoms with Gasteiger partial charge in [-0.15, -0.1) is 17.8 Å². The molecule has 3 heteroatoms.